The number of nitrogens with zero attached hydrogens (tertiary/aromatic N) is 3. The molecule has 0 bridgehead atoms. The minimum absolute atomic E-state index is 0. The van der Waals surface area contributed by atoms with Crippen molar-refractivity contribution in [2.24, 2.45) is 0 Å². The second-order valence-electron chi connectivity index (χ2n) is 3.81. The molecule has 2 rings (SSSR count). The molecule has 1 saturated heterocycles. The molecule has 5 heteroatoms. The molecule has 1 fully saturated rings. The van der Waals surface area contributed by atoms with Gasteiger partial charge in [-0.3, -0.25) is 0 Å². The van der Waals surface area contributed by atoms with Crippen molar-refractivity contribution in [2.75, 3.05) is 18.0 Å². The van der Waals surface area contributed by atoms with Gasteiger partial charge in [-0.05, 0) is 19.9 Å². The summed E-state index contributed by atoms with van der Waals surface area (Å²) in [6.45, 7) is 6.39. The van der Waals surface area contributed by atoms with E-state index < -0.39 is 0 Å². The Morgan fingerprint density at radius 2 is 1.73 bits per heavy atom. The van der Waals surface area contributed by atoms with Crippen molar-refractivity contribution in [3.05, 3.63) is 18.5 Å². The quantitative estimate of drug-likeness (QED) is 0.781. The van der Waals surface area contributed by atoms with Crippen LogP contribution >= 0.6 is 12.4 Å². The predicted octanol–water partition coefficient (Wildman–Crippen LogP) is 1.08. The first-order chi connectivity index (χ1) is 6.79. The summed E-state index contributed by atoms with van der Waals surface area (Å²) in [5.41, 5.74) is 0. The zero-order valence-corrected chi connectivity index (χ0v) is 9.87. The highest BCUT2D eigenvalue weighted by Gasteiger charge is 2.25. The van der Waals surface area contributed by atoms with Crippen LogP contribution in [0.25, 0.3) is 0 Å². The number of halogens is 1. The zero-order chi connectivity index (χ0) is 9.97. The number of anilines is 1. The van der Waals surface area contributed by atoms with Crippen LogP contribution in [-0.2, 0) is 0 Å². The van der Waals surface area contributed by atoms with E-state index in [1.807, 2.05) is 6.07 Å². The second kappa shape index (κ2) is 5.28. The van der Waals surface area contributed by atoms with Gasteiger partial charge < -0.3 is 10.2 Å². The summed E-state index contributed by atoms with van der Waals surface area (Å²) in [5, 5.41) is 3.39. The lowest BCUT2D eigenvalue weighted by molar-refractivity contribution is 0.425. The molecule has 1 aliphatic rings. The monoisotopic (exact) mass is 228 g/mol. The van der Waals surface area contributed by atoms with E-state index in [1.165, 1.54) is 0 Å². The van der Waals surface area contributed by atoms with E-state index in [0.29, 0.717) is 12.1 Å². The highest BCUT2D eigenvalue weighted by Crippen LogP contribution is 2.16. The maximum Gasteiger partial charge on any atom is 0.225 e. The summed E-state index contributed by atoms with van der Waals surface area (Å²) in [4.78, 5) is 10.9. The van der Waals surface area contributed by atoms with E-state index in [1.54, 1.807) is 12.4 Å². The molecule has 1 N–H and O–H groups in total. The molecular weight excluding hydrogens is 212 g/mol. The Bertz CT molecular complexity index is 283. The smallest absolute Gasteiger partial charge is 0.225 e. The van der Waals surface area contributed by atoms with E-state index in [0.717, 1.165) is 19.0 Å². The Labute approximate surface area is 96.5 Å². The van der Waals surface area contributed by atoms with Gasteiger partial charge in [0.05, 0.1) is 0 Å². The van der Waals surface area contributed by atoms with Crippen molar-refractivity contribution < 1.29 is 0 Å². The average molecular weight is 229 g/mol. The van der Waals surface area contributed by atoms with Gasteiger partial charge in [-0.25, -0.2) is 9.97 Å². The minimum Gasteiger partial charge on any atom is -0.333 e. The van der Waals surface area contributed by atoms with E-state index in [-0.39, 0.29) is 12.4 Å². The molecule has 0 amide bonds. The number of piperazine rings is 1. The van der Waals surface area contributed by atoms with Crippen LogP contribution in [0.4, 0.5) is 5.95 Å². The highest BCUT2D eigenvalue weighted by molar-refractivity contribution is 5.85. The standard InChI is InChI=1S/C10H16N4.ClH/c1-8-6-11-7-9(2)14(8)10-12-4-3-5-13-10;/h3-5,8-9,11H,6-7H2,1-2H3;1H. The largest absolute Gasteiger partial charge is 0.333 e. The molecule has 84 valence electrons. The van der Waals surface area contributed by atoms with Gasteiger partial charge in [0.25, 0.3) is 0 Å². The summed E-state index contributed by atoms with van der Waals surface area (Å²) >= 11 is 0. The van der Waals surface area contributed by atoms with Gasteiger partial charge in [0.1, 0.15) is 0 Å². The summed E-state index contributed by atoms with van der Waals surface area (Å²) in [5.74, 6) is 0.842. The summed E-state index contributed by atoms with van der Waals surface area (Å²) in [6, 6.07) is 2.77. The van der Waals surface area contributed by atoms with Crippen LogP contribution in [0, 0.1) is 0 Å². The summed E-state index contributed by atoms with van der Waals surface area (Å²) < 4.78 is 0. The van der Waals surface area contributed by atoms with Crippen LogP contribution in [0.2, 0.25) is 0 Å². The lowest BCUT2D eigenvalue weighted by Crippen LogP contribution is -2.55. The molecule has 0 saturated carbocycles. The lowest BCUT2D eigenvalue weighted by Gasteiger charge is -2.39. The Morgan fingerprint density at radius 1 is 1.20 bits per heavy atom. The van der Waals surface area contributed by atoms with Gasteiger partial charge >= 0.3 is 0 Å². The van der Waals surface area contributed by atoms with Crippen LogP contribution in [0.15, 0.2) is 18.5 Å². The maximum atomic E-state index is 4.29. The second-order valence-corrected chi connectivity index (χ2v) is 3.81. The number of hydrogen-bond acceptors (Lipinski definition) is 4. The number of hydrogen-bond donors (Lipinski definition) is 1. The van der Waals surface area contributed by atoms with Gasteiger partial charge in [-0.2, -0.15) is 0 Å². The number of nitrogens with one attached hydrogen (secondary N) is 1. The van der Waals surface area contributed by atoms with E-state index >= 15 is 0 Å². The van der Waals surface area contributed by atoms with Crippen LogP contribution < -0.4 is 10.2 Å². The fourth-order valence-corrected chi connectivity index (χ4v) is 1.95. The number of rotatable bonds is 1. The lowest BCUT2D eigenvalue weighted by atomic mass is 10.1. The van der Waals surface area contributed by atoms with Gasteiger partial charge in [0.15, 0.2) is 0 Å². The molecule has 4 nitrogen and oxygen atoms in total. The summed E-state index contributed by atoms with van der Waals surface area (Å²) in [6.07, 6.45) is 3.59. The van der Waals surface area contributed by atoms with E-state index in [2.05, 4.69) is 34.0 Å². The first-order valence-electron chi connectivity index (χ1n) is 5.05. The molecule has 2 atom stereocenters. The molecule has 0 aromatic carbocycles. The predicted molar refractivity (Wildman–Crippen MR) is 63.6 cm³/mol. The fourth-order valence-electron chi connectivity index (χ4n) is 1.95. The summed E-state index contributed by atoms with van der Waals surface area (Å²) in [7, 11) is 0. The molecule has 2 unspecified atom stereocenters. The normalized spacial score (nSPS) is 25.9. The van der Waals surface area contributed by atoms with Gasteiger partial charge in [-0.15, -0.1) is 12.4 Å². The fraction of sp³-hybridized carbons (Fsp3) is 0.600. The molecular formula is C10H17ClN4. The van der Waals surface area contributed by atoms with E-state index in [4.69, 9.17) is 0 Å². The van der Waals surface area contributed by atoms with Crippen LogP contribution in [0.5, 0.6) is 0 Å². The first-order valence-corrected chi connectivity index (χ1v) is 5.05. The minimum atomic E-state index is 0. The molecule has 1 aromatic rings. The molecule has 1 aromatic heterocycles. The zero-order valence-electron chi connectivity index (χ0n) is 9.05. The van der Waals surface area contributed by atoms with Crippen LogP contribution in [0.3, 0.4) is 0 Å². The van der Waals surface area contributed by atoms with Crippen LogP contribution in [0.1, 0.15) is 13.8 Å². The highest BCUT2D eigenvalue weighted by atomic mass is 35.5. The number of aromatic nitrogens is 2. The first kappa shape index (κ1) is 12.2. The third kappa shape index (κ3) is 2.58. The Hall–Kier alpha value is -0.870. The average Bonchev–Trinajstić information content (AvgIpc) is 2.19. The SMILES string of the molecule is CC1CNCC(C)N1c1ncccn1.Cl. The van der Waals surface area contributed by atoms with Gasteiger partial charge in [0.2, 0.25) is 5.95 Å². The maximum absolute atomic E-state index is 4.29. The Balaban J connectivity index is 0.00000112. The molecule has 1 aliphatic heterocycles. The van der Waals surface area contributed by atoms with Crippen molar-refractivity contribution in [3.8, 4) is 0 Å². The van der Waals surface area contributed by atoms with Crippen molar-refractivity contribution in [1.29, 1.82) is 0 Å². The Kier molecular flexibility index (Phi) is 4.29. The molecule has 15 heavy (non-hydrogen) atoms. The van der Waals surface area contributed by atoms with Crippen molar-refractivity contribution in [3.63, 3.8) is 0 Å². The van der Waals surface area contributed by atoms with Crippen molar-refractivity contribution in [2.45, 2.75) is 25.9 Å². The molecule has 0 aliphatic carbocycles. The van der Waals surface area contributed by atoms with E-state index in [9.17, 15) is 0 Å². The van der Waals surface area contributed by atoms with Crippen LogP contribution in [-0.4, -0.2) is 35.1 Å². The molecule has 0 spiro atoms. The molecule has 2 heterocycles. The van der Waals surface area contributed by atoms with Gasteiger partial charge in [0, 0.05) is 37.6 Å². The molecule has 0 radical (unpaired) electrons. The topological polar surface area (TPSA) is 41.0 Å². The third-order valence-electron chi connectivity index (χ3n) is 2.61. The Morgan fingerprint density at radius 3 is 2.27 bits per heavy atom. The van der Waals surface area contributed by atoms with Crippen molar-refractivity contribution in [1.82, 2.24) is 15.3 Å². The van der Waals surface area contributed by atoms with Gasteiger partial charge in [-0.1, -0.05) is 0 Å². The third-order valence-corrected chi connectivity index (χ3v) is 2.61. The van der Waals surface area contributed by atoms with Crippen molar-refractivity contribution >= 4 is 18.4 Å².